The Balaban J connectivity index is 1.67. The largest absolute Gasteiger partial charge is 0.483 e. The van der Waals surface area contributed by atoms with Gasteiger partial charge in [-0.05, 0) is 43.2 Å². The summed E-state index contributed by atoms with van der Waals surface area (Å²) >= 11 is 6.04. The van der Waals surface area contributed by atoms with E-state index >= 15 is 0 Å². The summed E-state index contributed by atoms with van der Waals surface area (Å²) < 4.78 is 5.63. The predicted octanol–water partition coefficient (Wildman–Crippen LogP) is 2.70. The van der Waals surface area contributed by atoms with E-state index in [-0.39, 0.29) is 29.7 Å². The Morgan fingerprint density at radius 3 is 2.66 bits per heavy atom. The van der Waals surface area contributed by atoms with Gasteiger partial charge >= 0.3 is 0 Å². The van der Waals surface area contributed by atoms with E-state index in [0.29, 0.717) is 36.6 Å². The molecule has 2 aromatic rings. The predicted molar refractivity (Wildman–Crippen MR) is 110 cm³/mol. The molecule has 0 bridgehead atoms. The van der Waals surface area contributed by atoms with Crippen molar-refractivity contribution in [2.45, 2.75) is 12.8 Å². The second-order valence-corrected chi connectivity index (χ2v) is 7.27. The lowest BCUT2D eigenvalue weighted by molar-refractivity contribution is -0.136. The minimum Gasteiger partial charge on any atom is -0.483 e. The number of benzene rings is 2. The van der Waals surface area contributed by atoms with Crippen molar-refractivity contribution in [1.29, 1.82) is 0 Å². The van der Waals surface area contributed by atoms with Crippen molar-refractivity contribution in [3.63, 3.8) is 0 Å². The van der Waals surface area contributed by atoms with Crippen molar-refractivity contribution in [3.05, 3.63) is 59.1 Å². The molecule has 152 valence electrons. The molecule has 0 radical (unpaired) electrons. The number of hydrogen-bond acceptors (Lipinski definition) is 4. The standard InChI is InChI=1S/C21H22ClN3O4/c22-15-8-9-18(17(11-15)21(28)24-16-6-2-1-3-7-16)29-13-19(26)25-10-4-5-14(12-25)20(23)27/h1-3,6-9,11,14H,4-5,10,12-13H2,(H2,23,27)(H,24,28)/t14-/m0/s1. The number of primary amides is 1. The number of nitrogens with two attached hydrogens (primary N) is 1. The summed E-state index contributed by atoms with van der Waals surface area (Å²) in [6.45, 7) is 0.589. The lowest BCUT2D eigenvalue weighted by Crippen LogP contribution is -2.45. The first-order valence-electron chi connectivity index (χ1n) is 9.30. The van der Waals surface area contributed by atoms with E-state index in [0.717, 1.165) is 0 Å². The SMILES string of the molecule is NC(=O)[C@H]1CCCN(C(=O)COc2ccc(Cl)cc2C(=O)Nc2ccccc2)C1. The van der Waals surface area contributed by atoms with Crippen LogP contribution in [0.4, 0.5) is 5.69 Å². The zero-order valence-electron chi connectivity index (χ0n) is 15.8. The van der Waals surface area contributed by atoms with Gasteiger partial charge in [-0.15, -0.1) is 0 Å². The van der Waals surface area contributed by atoms with Gasteiger partial charge in [-0.3, -0.25) is 14.4 Å². The molecule has 1 aliphatic heterocycles. The van der Waals surface area contributed by atoms with Crippen LogP contribution < -0.4 is 15.8 Å². The van der Waals surface area contributed by atoms with E-state index in [1.165, 1.54) is 6.07 Å². The van der Waals surface area contributed by atoms with Gasteiger partial charge in [-0.1, -0.05) is 29.8 Å². The summed E-state index contributed by atoms with van der Waals surface area (Å²) in [6, 6.07) is 13.6. The number of ether oxygens (including phenoxy) is 1. The minimum atomic E-state index is -0.402. The third kappa shape index (κ3) is 5.48. The Kier molecular flexibility index (Phi) is 6.72. The number of piperidine rings is 1. The van der Waals surface area contributed by atoms with Gasteiger partial charge in [-0.2, -0.15) is 0 Å². The van der Waals surface area contributed by atoms with Gasteiger partial charge in [0.2, 0.25) is 5.91 Å². The van der Waals surface area contributed by atoms with E-state index in [1.54, 1.807) is 29.2 Å². The first kappa shape index (κ1) is 20.7. The maximum Gasteiger partial charge on any atom is 0.260 e. The molecule has 3 rings (SSSR count). The molecule has 0 unspecified atom stereocenters. The molecule has 0 spiro atoms. The molecule has 0 saturated carbocycles. The smallest absolute Gasteiger partial charge is 0.260 e. The Hall–Kier alpha value is -3.06. The van der Waals surface area contributed by atoms with Crippen LogP contribution in [-0.2, 0) is 9.59 Å². The molecule has 8 heteroatoms. The van der Waals surface area contributed by atoms with Crippen LogP contribution in [0.2, 0.25) is 5.02 Å². The van der Waals surface area contributed by atoms with Crippen LogP contribution in [0, 0.1) is 5.92 Å². The number of halogens is 1. The van der Waals surface area contributed by atoms with E-state index in [4.69, 9.17) is 22.1 Å². The first-order chi connectivity index (χ1) is 13.9. The van der Waals surface area contributed by atoms with Gasteiger partial charge in [0.25, 0.3) is 11.8 Å². The van der Waals surface area contributed by atoms with Gasteiger partial charge in [0.1, 0.15) is 5.75 Å². The number of rotatable bonds is 6. The molecule has 0 aromatic heterocycles. The molecular weight excluding hydrogens is 394 g/mol. The van der Waals surface area contributed by atoms with Gasteiger partial charge in [0.15, 0.2) is 6.61 Å². The van der Waals surface area contributed by atoms with E-state index in [1.807, 2.05) is 18.2 Å². The fourth-order valence-electron chi connectivity index (χ4n) is 3.19. The summed E-state index contributed by atoms with van der Waals surface area (Å²) in [7, 11) is 0. The third-order valence-corrected chi connectivity index (χ3v) is 4.98. The molecule has 1 atom stereocenters. The fraction of sp³-hybridized carbons (Fsp3) is 0.286. The van der Waals surface area contributed by atoms with Crippen molar-refractivity contribution in [2.24, 2.45) is 11.7 Å². The van der Waals surface area contributed by atoms with Crippen molar-refractivity contribution < 1.29 is 19.1 Å². The van der Waals surface area contributed by atoms with Crippen LogP contribution in [-0.4, -0.2) is 42.3 Å². The van der Waals surface area contributed by atoms with Gasteiger partial charge in [0, 0.05) is 23.8 Å². The van der Waals surface area contributed by atoms with Gasteiger partial charge in [-0.25, -0.2) is 0 Å². The summed E-state index contributed by atoms with van der Waals surface area (Å²) in [5.74, 6) is -1.15. The van der Waals surface area contributed by atoms with E-state index in [2.05, 4.69) is 5.32 Å². The van der Waals surface area contributed by atoms with Crippen LogP contribution in [0.15, 0.2) is 48.5 Å². The number of hydrogen-bond donors (Lipinski definition) is 2. The van der Waals surface area contributed by atoms with Crippen LogP contribution in [0.25, 0.3) is 0 Å². The molecule has 29 heavy (non-hydrogen) atoms. The average Bonchev–Trinajstić information content (AvgIpc) is 2.73. The Labute approximate surface area is 173 Å². The van der Waals surface area contributed by atoms with Crippen LogP contribution in [0.1, 0.15) is 23.2 Å². The monoisotopic (exact) mass is 415 g/mol. The van der Waals surface area contributed by atoms with Crippen LogP contribution in [0.3, 0.4) is 0 Å². The van der Waals surface area contributed by atoms with Crippen molar-refractivity contribution >= 4 is 35.0 Å². The molecule has 1 saturated heterocycles. The maximum atomic E-state index is 12.7. The highest BCUT2D eigenvalue weighted by atomic mass is 35.5. The second kappa shape index (κ2) is 9.43. The number of anilines is 1. The van der Waals surface area contributed by atoms with Gasteiger partial charge < -0.3 is 20.7 Å². The first-order valence-corrected chi connectivity index (χ1v) is 9.67. The van der Waals surface area contributed by atoms with Crippen LogP contribution >= 0.6 is 11.6 Å². The number of likely N-dealkylation sites (tertiary alicyclic amines) is 1. The minimum absolute atomic E-state index is 0.225. The Bertz CT molecular complexity index is 904. The lowest BCUT2D eigenvalue weighted by atomic mass is 9.97. The maximum absolute atomic E-state index is 12.7. The number of carbonyl (C=O) groups excluding carboxylic acids is 3. The second-order valence-electron chi connectivity index (χ2n) is 6.83. The molecule has 1 fully saturated rings. The summed E-state index contributed by atoms with van der Waals surface area (Å²) in [5.41, 5.74) is 6.21. The summed E-state index contributed by atoms with van der Waals surface area (Å²) in [5, 5.41) is 3.15. The number of amides is 3. The lowest BCUT2D eigenvalue weighted by Gasteiger charge is -2.31. The number of carbonyl (C=O) groups is 3. The molecular formula is C21H22ClN3O4. The molecule has 1 aliphatic rings. The van der Waals surface area contributed by atoms with Crippen molar-refractivity contribution in [1.82, 2.24) is 4.90 Å². The molecule has 0 aliphatic carbocycles. The molecule has 2 aromatic carbocycles. The highest BCUT2D eigenvalue weighted by Gasteiger charge is 2.27. The average molecular weight is 416 g/mol. The molecule has 3 amide bonds. The zero-order chi connectivity index (χ0) is 20.8. The van der Waals surface area contributed by atoms with Crippen LogP contribution in [0.5, 0.6) is 5.75 Å². The Morgan fingerprint density at radius 2 is 1.93 bits per heavy atom. The zero-order valence-corrected chi connectivity index (χ0v) is 16.5. The highest BCUT2D eigenvalue weighted by molar-refractivity contribution is 6.31. The summed E-state index contributed by atoms with van der Waals surface area (Å²) in [4.78, 5) is 38.1. The Morgan fingerprint density at radius 1 is 1.17 bits per heavy atom. The molecule has 3 N–H and O–H groups in total. The molecule has 7 nitrogen and oxygen atoms in total. The highest BCUT2D eigenvalue weighted by Crippen LogP contribution is 2.25. The molecule has 1 heterocycles. The quantitative estimate of drug-likeness (QED) is 0.757. The number of nitrogens with zero attached hydrogens (tertiary/aromatic N) is 1. The normalized spacial score (nSPS) is 16.2. The topological polar surface area (TPSA) is 102 Å². The van der Waals surface area contributed by atoms with Gasteiger partial charge in [0.05, 0.1) is 11.5 Å². The summed E-state index contributed by atoms with van der Waals surface area (Å²) in [6.07, 6.45) is 1.39. The third-order valence-electron chi connectivity index (χ3n) is 4.75. The van der Waals surface area contributed by atoms with E-state index in [9.17, 15) is 14.4 Å². The number of nitrogens with one attached hydrogen (secondary N) is 1. The van der Waals surface area contributed by atoms with Crippen molar-refractivity contribution in [3.8, 4) is 5.75 Å². The van der Waals surface area contributed by atoms with Crippen molar-refractivity contribution in [2.75, 3.05) is 25.0 Å². The van der Waals surface area contributed by atoms with E-state index < -0.39 is 11.8 Å². The number of para-hydroxylation sites is 1. The fourth-order valence-corrected chi connectivity index (χ4v) is 3.36.